The van der Waals surface area contributed by atoms with Crippen molar-refractivity contribution in [3.05, 3.63) is 36.2 Å². The molecule has 1 aliphatic heterocycles. The van der Waals surface area contributed by atoms with Gasteiger partial charge in [-0.3, -0.25) is 4.79 Å². The number of hydrogen-bond acceptors (Lipinski definition) is 4. The summed E-state index contributed by atoms with van der Waals surface area (Å²) >= 11 is 0. The van der Waals surface area contributed by atoms with E-state index >= 15 is 0 Å². The molecule has 0 N–H and O–H groups in total. The Hall–Kier alpha value is -2.14. The molecular formula is C16H18N2O3. The molecule has 3 rings (SSSR count). The summed E-state index contributed by atoms with van der Waals surface area (Å²) in [5.41, 5.74) is 1.51. The van der Waals surface area contributed by atoms with E-state index in [4.69, 9.17) is 9.15 Å². The van der Waals surface area contributed by atoms with Gasteiger partial charge in [-0.2, -0.15) is 0 Å². The van der Waals surface area contributed by atoms with Gasteiger partial charge in [0.2, 0.25) is 11.8 Å². The molecule has 2 aromatic rings. The van der Waals surface area contributed by atoms with Crippen LogP contribution in [0.2, 0.25) is 0 Å². The van der Waals surface area contributed by atoms with Gasteiger partial charge in [0.1, 0.15) is 5.52 Å². The first-order valence-corrected chi connectivity index (χ1v) is 7.10. The van der Waals surface area contributed by atoms with Crippen LogP contribution >= 0.6 is 0 Å². The maximum Gasteiger partial charge on any atom is 0.246 e. The van der Waals surface area contributed by atoms with Crippen LogP contribution in [0.1, 0.15) is 19.7 Å². The molecule has 0 bridgehead atoms. The molecule has 5 nitrogen and oxygen atoms in total. The number of oxazole rings is 1. The average Bonchev–Trinajstić information content (AvgIpc) is 2.86. The topological polar surface area (TPSA) is 55.6 Å². The molecule has 1 aliphatic rings. The molecule has 1 amide bonds. The lowest BCUT2D eigenvalue weighted by Gasteiger charge is -2.34. The third-order valence-corrected chi connectivity index (χ3v) is 3.41. The fraction of sp³-hybridized carbons (Fsp3) is 0.375. The van der Waals surface area contributed by atoms with E-state index in [0.29, 0.717) is 19.0 Å². The van der Waals surface area contributed by atoms with Crippen molar-refractivity contribution < 1.29 is 13.9 Å². The van der Waals surface area contributed by atoms with Crippen LogP contribution in [-0.2, 0) is 9.53 Å². The van der Waals surface area contributed by atoms with Gasteiger partial charge in [0.15, 0.2) is 5.58 Å². The minimum absolute atomic E-state index is 0.0424. The number of para-hydroxylation sites is 2. The maximum atomic E-state index is 12.2. The molecule has 1 saturated heterocycles. The number of amides is 1. The minimum Gasteiger partial charge on any atom is -0.437 e. The van der Waals surface area contributed by atoms with Gasteiger partial charge in [0.05, 0.1) is 12.2 Å². The zero-order valence-electron chi connectivity index (χ0n) is 12.2. The summed E-state index contributed by atoms with van der Waals surface area (Å²) in [5.74, 6) is 0.401. The number of ether oxygens (including phenoxy) is 1. The summed E-state index contributed by atoms with van der Waals surface area (Å²) in [7, 11) is 0. The highest BCUT2D eigenvalue weighted by Gasteiger charge is 2.24. The summed E-state index contributed by atoms with van der Waals surface area (Å²) < 4.78 is 11.2. The molecule has 1 fully saturated rings. The van der Waals surface area contributed by atoms with Gasteiger partial charge in [-0.25, -0.2) is 4.98 Å². The fourth-order valence-corrected chi connectivity index (χ4v) is 2.57. The van der Waals surface area contributed by atoms with Crippen LogP contribution in [-0.4, -0.2) is 41.1 Å². The molecule has 0 aliphatic carbocycles. The number of rotatable bonds is 2. The van der Waals surface area contributed by atoms with E-state index in [1.54, 1.807) is 11.0 Å². The lowest BCUT2D eigenvalue weighted by molar-refractivity contribution is -0.137. The first-order chi connectivity index (χ1) is 10.1. The zero-order valence-corrected chi connectivity index (χ0v) is 12.2. The first kappa shape index (κ1) is 13.8. The number of hydrogen-bond donors (Lipinski definition) is 0. The molecule has 1 aromatic heterocycles. The predicted molar refractivity (Wildman–Crippen MR) is 79.6 cm³/mol. The number of benzene rings is 1. The Labute approximate surface area is 123 Å². The van der Waals surface area contributed by atoms with Crippen molar-refractivity contribution in [2.24, 2.45) is 0 Å². The number of morpholine rings is 1. The van der Waals surface area contributed by atoms with Gasteiger partial charge in [-0.05, 0) is 26.0 Å². The van der Waals surface area contributed by atoms with Crippen molar-refractivity contribution in [3.63, 3.8) is 0 Å². The molecular weight excluding hydrogens is 268 g/mol. The lowest BCUT2D eigenvalue weighted by Crippen LogP contribution is -2.47. The van der Waals surface area contributed by atoms with Crippen molar-refractivity contribution in [1.82, 2.24) is 9.88 Å². The molecule has 5 heteroatoms. The van der Waals surface area contributed by atoms with Crippen LogP contribution < -0.4 is 0 Å². The number of fused-ring (bicyclic) bond motifs is 1. The van der Waals surface area contributed by atoms with Crippen molar-refractivity contribution in [3.8, 4) is 0 Å². The molecule has 2 unspecified atom stereocenters. The Morgan fingerprint density at radius 2 is 2.00 bits per heavy atom. The van der Waals surface area contributed by atoms with Gasteiger partial charge in [-0.1, -0.05) is 12.1 Å². The SMILES string of the molecule is CC1CN(C(=O)/C=C/c2nc3ccccc3o2)CC(C)O1. The standard InChI is InChI=1S/C16H18N2O3/c1-11-9-18(10-12(2)20-11)16(19)8-7-15-17-13-5-3-4-6-14(13)21-15/h3-8,11-12H,9-10H2,1-2H3/b8-7+. The Bertz CT molecular complexity index is 634. The second-order valence-corrected chi connectivity index (χ2v) is 5.35. The number of carbonyl (C=O) groups excluding carboxylic acids is 1. The van der Waals surface area contributed by atoms with E-state index in [1.807, 2.05) is 38.1 Å². The fourth-order valence-electron chi connectivity index (χ4n) is 2.57. The van der Waals surface area contributed by atoms with E-state index in [0.717, 1.165) is 11.1 Å². The molecule has 110 valence electrons. The summed E-state index contributed by atoms with van der Waals surface area (Å²) in [6.07, 6.45) is 3.26. The largest absolute Gasteiger partial charge is 0.437 e. The number of carbonyl (C=O) groups is 1. The van der Waals surface area contributed by atoms with E-state index in [2.05, 4.69) is 4.98 Å². The third kappa shape index (κ3) is 3.13. The Kier molecular flexibility index (Phi) is 3.75. The Balaban J connectivity index is 1.71. The maximum absolute atomic E-state index is 12.2. The van der Waals surface area contributed by atoms with Crippen LogP contribution in [0.5, 0.6) is 0 Å². The van der Waals surface area contributed by atoms with Gasteiger partial charge in [0.25, 0.3) is 0 Å². The van der Waals surface area contributed by atoms with E-state index < -0.39 is 0 Å². The number of nitrogens with zero attached hydrogens (tertiary/aromatic N) is 2. The van der Waals surface area contributed by atoms with Gasteiger partial charge >= 0.3 is 0 Å². The third-order valence-electron chi connectivity index (χ3n) is 3.41. The molecule has 0 spiro atoms. The van der Waals surface area contributed by atoms with E-state index in [-0.39, 0.29) is 18.1 Å². The van der Waals surface area contributed by atoms with Crippen LogP contribution in [0.25, 0.3) is 17.2 Å². The normalized spacial score (nSPS) is 23.0. The highest BCUT2D eigenvalue weighted by atomic mass is 16.5. The zero-order chi connectivity index (χ0) is 14.8. The minimum atomic E-state index is -0.0424. The van der Waals surface area contributed by atoms with Crippen molar-refractivity contribution in [2.75, 3.05) is 13.1 Å². The molecule has 0 saturated carbocycles. The smallest absolute Gasteiger partial charge is 0.246 e. The van der Waals surface area contributed by atoms with Gasteiger partial charge in [-0.15, -0.1) is 0 Å². The van der Waals surface area contributed by atoms with Crippen molar-refractivity contribution in [2.45, 2.75) is 26.1 Å². The molecule has 2 heterocycles. The van der Waals surface area contributed by atoms with Gasteiger partial charge < -0.3 is 14.1 Å². The second kappa shape index (κ2) is 5.69. The van der Waals surface area contributed by atoms with Crippen LogP contribution in [0.3, 0.4) is 0 Å². The Morgan fingerprint density at radius 1 is 1.29 bits per heavy atom. The van der Waals surface area contributed by atoms with Crippen molar-refractivity contribution >= 4 is 23.1 Å². The lowest BCUT2D eigenvalue weighted by atomic mass is 10.2. The first-order valence-electron chi connectivity index (χ1n) is 7.10. The Morgan fingerprint density at radius 3 is 2.71 bits per heavy atom. The molecule has 1 aromatic carbocycles. The van der Waals surface area contributed by atoms with Crippen LogP contribution in [0, 0.1) is 0 Å². The van der Waals surface area contributed by atoms with Gasteiger partial charge in [0, 0.05) is 25.2 Å². The molecule has 0 radical (unpaired) electrons. The number of aromatic nitrogens is 1. The summed E-state index contributed by atoms with van der Waals surface area (Å²) in [6, 6.07) is 7.53. The highest BCUT2D eigenvalue weighted by Crippen LogP contribution is 2.16. The second-order valence-electron chi connectivity index (χ2n) is 5.35. The summed E-state index contributed by atoms with van der Waals surface area (Å²) in [4.78, 5) is 18.3. The van der Waals surface area contributed by atoms with E-state index in [1.165, 1.54) is 6.08 Å². The van der Waals surface area contributed by atoms with Crippen LogP contribution in [0.4, 0.5) is 0 Å². The van der Waals surface area contributed by atoms with E-state index in [9.17, 15) is 4.79 Å². The van der Waals surface area contributed by atoms with Crippen molar-refractivity contribution in [1.29, 1.82) is 0 Å². The average molecular weight is 286 g/mol. The summed E-state index contributed by atoms with van der Waals surface area (Å²) in [6.45, 7) is 5.17. The summed E-state index contributed by atoms with van der Waals surface area (Å²) in [5, 5.41) is 0. The monoisotopic (exact) mass is 286 g/mol. The molecule has 21 heavy (non-hydrogen) atoms. The van der Waals surface area contributed by atoms with Crippen LogP contribution in [0.15, 0.2) is 34.8 Å². The molecule has 2 atom stereocenters. The predicted octanol–water partition coefficient (Wildman–Crippen LogP) is 2.48. The highest BCUT2D eigenvalue weighted by molar-refractivity contribution is 5.91. The quantitative estimate of drug-likeness (QED) is 0.796.